The third-order valence-electron chi connectivity index (χ3n) is 4.14. The Balaban J connectivity index is 2.10. The average molecular weight is 360 g/mol. The molecule has 2 rings (SSSR count). The van der Waals surface area contributed by atoms with Crippen molar-refractivity contribution < 1.29 is 13.2 Å². The van der Waals surface area contributed by atoms with E-state index in [1.54, 1.807) is 19.2 Å². The summed E-state index contributed by atoms with van der Waals surface area (Å²) < 4.78 is 26.6. The van der Waals surface area contributed by atoms with Gasteiger partial charge in [-0.05, 0) is 36.2 Å². The summed E-state index contributed by atoms with van der Waals surface area (Å²) in [6.45, 7) is 4.10. The molecule has 0 heterocycles. The zero-order chi connectivity index (χ0) is 18.4. The number of hydrogen-bond donors (Lipinski definition) is 1. The van der Waals surface area contributed by atoms with Crippen LogP contribution >= 0.6 is 0 Å². The predicted molar refractivity (Wildman–Crippen MR) is 99.6 cm³/mol. The van der Waals surface area contributed by atoms with E-state index in [4.69, 9.17) is 0 Å². The molecule has 0 fully saturated rings. The average Bonchev–Trinajstić information content (AvgIpc) is 2.62. The zero-order valence-electron chi connectivity index (χ0n) is 14.8. The van der Waals surface area contributed by atoms with Crippen molar-refractivity contribution in [2.24, 2.45) is 5.92 Å². The first-order valence-corrected chi connectivity index (χ1v) is 9.69. The van der Waals surface area contributed by atoms with Gasteiger partial charge in [0.1, 0.15) is 0 Å². The smallest absolute Gasteiger partial charge is 0.243 e. The van der Waals surface area contributed by atoms with Gasteiger partial charge in [-0.3, -0.25) is 4.79 Å². The van der Waals surface area contributed by atoms with Crippen LogP contribution in [0.25, 0.3) is 0 Å². The molecule has 0 aliphatic heterocycles. The highest BCUT2D eigenvalue weighted by Crippen LogP contribution is 2.19. The Hall–Kier alpha value is -2.18. The van der Waals surface area contributed by atoms with Gasteiger partial charge >= 0.3 is 0 Å². The van der Waals surface area contributed by atoms with E-state index in [0.29, 0.717) is 12.2 Å². The Labute approximate surface area is 149 Å². The lowest BCUT2D eigenvalue weighted by atomic mass is 10.1. The van der Waals surface area contributed by atoms with E-state index in [1.165, 1.54) is 16.4 Å². The first-order valence-electron chi connectivity index (χ1n) is 8.25. The monoisotopic (exact) mass is 360 g/mol. The van der Waals surface area contributed by atoms with Crippen molar-refractivity contribution >= 4 is 21.6 Å². The zero-order valence-corrected chi connectivity index (χ0v) is 15.6. The molecule has 1 amide bonds. The number of anilines is 1. The van der Waals surface area contributed by atoms with Gasteiger partial charge in [-0.2, -0.15) is 4.31 Å². The van der Waals surface area contributed by atoms with Gasteiger partial charge in [0.15, 0.2) is 0 Å². The molecule has 5 nitrogen and oxygen atoms in total. The van der Waals surface area contributed by atoms with Crippen LogP contribution in [0.2, 0.25) is 0 Å². The summed E-state index contributed by atoms with van der Waals surface area (Å²) in [4.78, 5) is 12.1. The highest BCUT2D eigenvalue weighted by Gasteiger charge is 2.21. The SMILES string of the molecule is CCC(C)C(=O)Nc1ccc(S(=O)(=O)N(C)Cc2ccccc2)cc1. The fraction of sp³-hybridized carbons (Fsp3) is 0.316. The molecule has 2 aromatic rings. The third-order valence-corrected chi connectivity index (χ3v) is 5.96. The minimum Gasteiger partial charge on any atom is -0.326 e. The van der Waals surface area contributed by atoms with Crippen molar-refractivity contribution in [3.05, 3.63) is 60.2 Å². The molecular weight excluding hydrogens is 336 g/mol. The van der Waals surface area contributed by atoms with Crippen LogP contribution < -0.4 is 5.32 Å². The van der Waals surface area contributed by atoms with Crippen LogP contribution in [0.3, 0.4) is 0 Å². The predicted octanol–water partition coefficient (Wildman–Crippen LogP) is 3.49. The summed E-state index contributed by atoms with van der Waals surface area (Å²) in [5, 5.41) is 2.79. The van der Waals surface area contributed by atoms with Crippen LogP contribution in [0.4, 0.5) is 5.69 Å². The number of nitrogens with zero attached hydrogens (tertiary/aromatic N) is 1. The van der Waals surface area contributed by atoms with Crippen LogP contribution in [-0.4, -0.2) is 25.7 Å². The van der Waals surface area contributed by atoms with E-state index in [2.05, 4.69) is 5.32 Å². The van der Waals surface area contributed by atoms with Crippen LogP contribution in [-0.2, 0) is 21.4 Å². The molecule has 0 aromatic heterocycles. The summed E-state index contributed by atoms with van der Waals surface area (Å²) in [5.74, 6) is -0.153. The number of sulfonamides is 1. The summed E-state index contributed by atoms with van der Waals surface area (Å²) in [6, 6.07) is 15.7. The van der Waals surface area contributed by atoms with Crippen molar-refractivity contribution in [2.75, 3.05) is 12.4 Å². The lowest BCUT2D eigenvalue weighted by Crippen LogP contribution is -2.26. The molecule has 0 saturated carbocycles. The molecule has 1 N–H and O–H groups in total. The van der Waals surface area contributed by atoms with Crippen LogP contribution in [0.5, 0.6) is 0 Å². The number of amides is 1. The van der Waals surface area contributed by atoms with E-state index in [0.717, 1.165) is 12.0 Å². The Morgan fingerprint density at radius 2 is 1.68 bits per heavy atom. The summed E-state index contributed by atoms with van der Waals surface area (Å²) >= 11 is 0. The van der Waals surface area contributed by atoms with E-state index in [-0.39, 0.29) is 16.7 Å². The van der Waals surface area contributed by atoms with Gasteiger partial charge in [-0.15, -0.1) is 0 Å². The maximum Gasteiger partial charge on any atom is 0.243 e. The van der Waals surface area contributed by atoms with Crippen molar-refractivity contribution in [3.8, 4) is 0 Å². The standard InChI is InChI=1S/C19H24N2O3S/c1-4-15(2)19(22)20-17-10-12-18(13-11-17)25(23,24)21(3)14-16-8-6-5-7-9-16/h5-13,15H,4,14H2,1-3H3,(H,20,22). The first-order chi connectivity index (χ1) is 11.8. The van der Waals surface area contributed by atoms with Gasteiger partial charge in [0, 0.05) is 25.2 Å². The number of carbonyl (C=O) groups is 1. The second kappa shape index (κ2) is 8.27. The molecule has 0 aliphatic rings. The van der Waals surface area contributed by atoms with E-state index < -0.39 is 10.0 Å². The van der Waals surface area contributed by atoms with Crippen molar-refractivity contribution in [3.63, 3.8) is 0 Å². The molecule has 1 unspecified atom stereocenters. The van der Waals surface area contributed by atoms with Gasteiger partial charge in [-0.1, -0.05) is 44.2 Å². The van der Waals surface area contributed by atoms with Gasteiger partial charge in [-0.25, -0.2) is 8.42 Å². The first kappa shape index (κ1) is 19.1. The highest BCUT2D eigenvalue weighted by atomic mass is 32.2. The molecule has 25 heavy (non-hydrogen) atoms. The summed E-state index contributed by atoms with van der Waals surface area (Å²) in [5.41, 5.74) is 1.51. The lowest BCUT2D eigenvalue weighted by Gasteiger charge is -2.17. The maximum atomic E-state index is 12.7. The molecule has 6 heteroatoms. The number of rotatable bonds is 7. The Bertz CT molecular complexity index is 802. The lowest BCUT2D eigenvalue weighted by molar-refractivity contribution is -0.119. The largest absolute Gasteiger partial charge is 0.326 e. The molecule has 0 bridgehead atoms. The number of nitrogens with one attached hydrogen (secondary N) is 1. The van der Waals surface area contributed by atoms with E-state index in [9.17, 15) is 13.2 Å². The Morgan fingerprint density at radius 3 is 2.24 bits per heavy atom. The number of carbonyl (C=O) groups excluding carboxylic acids is 1. The second-order valence-electron chi connectivity index (χ2n) is 6.07. The van der Waals surface area contributed by atoms with Crippen molar-refractivity contribution in [2.45, 2.75) is 31.7 Å². The fourth-order valence-corrected chi connectivity index (χ4v) is 3.43. The fourth-order valence-electron chi connectivity index (χ4n) is 2.27. The summed E-state index contributed by atoms with van der Waals surface area (Å²) in [7, 11) is -2.03. The molecule has 0 radical (unpaired) electrons. The topological polar surface area (TPSA) is 66.5 Å². The van der Waals surface area contributed by atoms with Crippen molar-refractivity contribution in [1.82, 2.24) is 4.31 Å². The Kier molecular flexibility index (Phi) is 6.33. The molecule has 2 aromatic carbocycles. The molecule has 134 valence electrons. The van der Waals surface area contributed by atoms with Gasteiger partial charge in [0.25, 0.3) is 0 Å². The molecule has 0 saturated heterocycles. The molecular formula is C19H24N2O3S. The highest BCUT2D eigenvalue weighted by molar-refractivity contribution is 7.89. The minimum atomic E-state index is -3.58. The minimum absolute atomic E-state index is 0.0701. The van der Waals surface area contributed by atoms with E-state index >= 15 is 0 Å². The molecule has 0 aliphatic carbocycles. The maximum absolute atomic E-state index is 12.7. The van der Waals surface area contributed by atoms with Crippen LogP contribution in [0, 0.1) is 5.92 Å². The molecule has 1 atom stereocenters. The van der Waals surface area contributed by atoms with Crippen LogP contribution in [0.1, 0.15) is 25.8 Å². The quantitative estimate of drug-likeness (QED) is 0.822. The number of benzene rings is 2. The van der Waals surface area contributed by atoms with Crippen LogP contribution in [0.15, 0.2) is 59.5 Å². The normalized spacial score (nSPS) is 12.8. The van der Waals surface area contributed by atoms with E-state index in [1.807, 2.05) is 44.2 Å². The number of hydrogen-bond acceptors (Lipinski definition) is 3. The Morgan fingerprint density at radius 1 is 1.08 bits per heavy atom. The van der Waals surface area contributed by atoms with Gasteiger partial charge in [0.05, 0.1) is 4.90 Å². The molecule has 0 spiro atoms. The summed E-state index contributed by atoms with van der Waals surface area (Å²) in [6.07, 6.45) is 0.753. The third kappa shape index (κ3) is 4.90. The second-order valence-corrected chi connectivity index (χ2v) is 8.11. The van der Waals surface area contributed by atoms with Gasteiger partial charge < -0.3 is 5.32 Å². The van der Waals surface area contributed by atoms with Gasteiger partial charge in [0.2, 0.25) is 15.9 Å². The van der Waals surface area contributed by atoms with Crippen molar-refractivity contribution in [1.29, 1.82) is 0 Å².